The van der Waals surface area contributed by atoms with Gasteiger partial charge in [-0.3, -0.25) is 9.59 Å². The van der Waals surface area contributed by atoms with E-state index in [0.29, 0.717) is 18.3 Å². The molecule has 24 heteroatoms. The highest BCUT2D eigenvalue weighted by molar-refractivity contribution is 5.91. The molecule has 4 aliphatic rings. The van der Waals surface area contributed by atoms with Crippen molar-refractivity contribution in [1.29, 1.82) is 0 Å². The van der Waals surface area contributed by atoms with Crippen LogP contribution in [0.5, 0.6) is 0 Å². The van der Waals surface area contributed by atoms with Gasteiger partial charge in [0.2, 0.25) is 0 Å². The maximum Gasteiger partial charge on any atom is 0.335 e. The van der Waals surface area contributed by atoms with Crippen LogP contribution < -0.4 is 0 Å². The van der Waals surface area contributed by atoms with E-state index in [1.54, 1.807) is 72.7 Å². The Bertz CT molecular complexity index is 1830. The van der Waals surface area contributed by atoms with E-state index in [1.165, 1.54) is 20.1 Å². The number of aliphatic carboxylic acids is 2. The zero-order chi connectivity index (χ0) is 55.4. The first kappa shape index (κ1) is 63.9. The Morgan fingerprint density at radius 3 is 1.99 bits per heavy atom. The number of carboxylic acid groups (broad SMARTS) is 2. The van der Waals surface area contributed by atoms with Gasteiger partial charge in [-0.05, 0) is 73.5 Å². The zero-order valence-electron chi connectivity index (χ0n) is 43.5. The average Bonchev–Trinajstić information content (AvgIpc) is 3.31. The molecule has 0 saturated carbocycles. The van der Waals surface area contributed by atoms with Crippen LogP contribution in [0.3, 0.4) is 0 Å². The Morgan fingerprint density at radius 1 is 0.849 bits per heavy atom. The van der Waals surface area contributed by atoms with E-state index in [0.717, 1.165) is 0 Å². The Hall–Kier alpha value is -3.41. The molecule has 3 fully saturated rings. The summed E-state index contributed by atoms with van der Waals surface area (Å²) in [4.78, 5) is 60.9. The summed E-state index contributed by atoms with van der Waals surface area (Å²) in [5.74, 6) is -7.26. The third kappa shape index (κ3) is 17.3. The molecule has 3 saturated heterocycles. The number of nitrogens with zero attached hydrogens (tertiary/aromatic N) is 1. The first-order valence-electron chi connectivity index (χ1n) is 24.6. The van der Waals surface area contributed by atoms with Crippen LogP contribution in [0.4, 0.5) is 0 Å². The van der Waals surface area contributed by atoms with E-state index in [9.17, 15) is 54.6 Å². The van der Waals surface area contributed by atoms with Gasteiger partial charge in [-0.1, -0.05) is 38.5 Å². The second-order valence-electron chi connectivity index (χ2n) is 20.1. The number of carbonyl (C=O) groups excluding carboxylic acids is 3. The lowest BCUT2D eigenvalue weighted by atomic mass is 9.79. The summed E-state index contributed by atoms with van der Waals surface area (Å²) in [7, 11) is 4.86. The molecule has 73 heavy (non-hydrogen) atoms. The van der Waals surface area contributed by atoms with Crippen molar-refractivity contribution in [2.75, 3.05) is 27.8 Å². The second kappa shape index (κ2) is 28.6. The number of carboxylic acids is 2. The van der Waals surface area contributed by atoms with Crippen molar-refractivity contribution in [3.63, 3.8) is 0 Å². The molecule has 0 aromatic carbocycles. The highest BCUT2D eigenvalue weighted by Gasteiger charge is 2.52. The minimum Gasteiger partial charge on any atom is -0.479 e. The van der Waals surface area contributed by atoms with Crippen LogP contribution in [0.15, 0.2) is 23.8 Å². The van der Waals surface area contributed by atoms with E-state index in [1.807, 2.05) is 6.92 Å². The molecule has 4 heterocycles. The molecule has 0 aliphatic carbocycles. The Kier molecular flexibility index (Phi) is 25.1. The SMILES string of the molecule is CC[C@H]1OC(=O)C[C@@H](O)[C@H](C)[C@@H](O[C@@H]2O[C@H](C)[C@@H](O[C@H]3C[C@@](C)(O)[C@@H](O)[C@H](C)O3)[C@H](N(C)C)[C@H]2O)C(CC=O)C[C@@H](C)C(=O)/C=C/C(C)=C/[C@@H]1CO[C@@H]1O[C@H](C)[C@@H](O)[C@@H](OC)[C@H]1O.O=C(O)[C@H](O)[C@@H](O)C(=O)O. The van der Waals surface area contributed by atoms with Gasteiger partial charge in [-0.2, -0.15) is 0 Å². The van der Waals surface area contributed by atoms with Crippen molar-refractivity contribution >= 4 is 30.0 Å². The number of aliphatic hydroxyl groups excluding tert-OH is 7. The summed E-state index contributed by atoms with van der Waals surface area (Å²) in [6.07, 6.45) is -14.6. The summed E-state index contributed by atoms with van der Waals surface area (Å²) < 4.78 is 48.3. The fraction of sp³-hybridized carbons (Fsp3) is 0.816. The summed E-state index contributed by atoms with van der Waals surface area (Å²) in [6.45, 7) is 13.4. The molecule has 0 aromatic heterocycles. The lowest BCUT2D eigenvalue weighted by molar-refractivity contribution is -0.341. The number of aliphatic hydroxyl groups is 8. The molecule has 1 unspecified atom stereocenters. The Labute approximate surface area is 425 Å². The Morgan fingerprint density at radius 2 is 1.45 bits per heavy atom. The van der Waals surface area contributed by atoms with Crippen molar-refractivity contribution in [3.05, 3.63) is 23.8 Å². The molecule has 4 rings (SSSR count). The second-order valence-corrected chi connectivity index (χ2v) is 20.1. The van der Waals surface area contributed by atoms with E-state index in [4.69, 9.17) is 58.3 Å². The number of esters is 1. The molecule has 0 bridgehead atoms. The van der Waals surface area contributed by atoms with Crippen molar-refractivity contribution in [2.24, 2.45) is 23.7 Å². The fourth-order valence-corrected chi connectivity index (χ4v) is 9.55. The number of cyclic esters (lactones) is 1. The van der Waals surface area contributed by atoms with E-state index in [-0.39, 0.29) is 31.7 Å². The van der Waals surface area contributed by atoms with Crippen LogP contribution in [0.25, 0.3) is 0 Å². The minimum atomic E-state index is -2.27. The molecule has 0 amide bonds. The van der Waals surface area contributed by atoms with E-state index in [2.05, 4.69) is 0 Å². The number of rotatable bonds is 15. The van der Waals surface area contributed by atoms with Gasteiger partial charge < -0.3 is 98.7 Å². The van der Waals surface area contributed by atoms with Gasteiger partial charge >= 0.3 is 17.9 Å². The molecule has 420 valence electrons. The molecule has 0 aromatic rings. The van der Waals surface area contributed by atoms with Crippen LogP contribution >= 0.6 is 0 Å². The number of likely N-dealkylation sites (N-methyl/N-ethyl adjacent to an activating group) is 1. The first-order valence-corrected chi connectivity index (χ1v) is 24.6. The van der Waals surface area contributed by atoms with Crippen molar-refractivity contribution in [3.8, 4) is 0 Å². The third-order valence-corrected chi connectivity index (χ3v) is 14.0. The first-order chi connectivity index (χ1) is 34.0. The maximum atomic E-state index is 13.7. The van der Waals surface area contributed by atoms with Gasteiger partial charge in [0.15, 0.2) is 36.9 Å². The van der Waals surface area contributed by atoms with Crippen LogP contribution in [0.1, 0.15) is 87.5 Å². The lowest BCUT2D eigenvalue weighted by Gasteiger charge is -2.50. The number of carbonyl (C=O) groups is 5. The maximum absolute atomic E-state index is 13.7. The molecule has 23 atom stereocenters. The quantitative estimate of drug-likeness (QED) is 0.0699. The highest BCUT2D eigenvalue weighted by Crippen LogP contribution is 2.37. The number of hydrogen-bond acceptors (Lipinski definition) is 22. The number of ether oxygens (including phenoxy) is 8. The number of methoxy groups -OCH3 is 1. The van der Waals surface area contributed by atoms with Crippen LogP contribution in [-0.4, -0.2) is 230 Å². The number of aldehydes is 1. The van der Waals surface area contributed by atoms with Gasteiger partial charge in [0.1, 0.15) is 49.0 Å². The minimum absolute atomic E-state index is 0.0412. The van der Waals surface area contributed by atoms with Gasteiger partial charge in [0.25, 0.3) is 0 Å². The largest absolute Gasteiger partial charge is 0.479 e. The lowest BCUT2D eigenvalue weighted by Crippen LogP contribution is -2.65. The van der Waals surface area contributed by atoms with E-state index < -0.39 is 164 Å². The van der Waals surface area contributed by atoms with Gasteiger partial charge in [-0.25, -0.2) is 9.59 Å². The van der Waals surface area contributed by atoms with Crippen LogP contribution in [-0.2, 0) is 61.9 Å². The third-order valence-electron chi connectivity index (χ3n) is 14.0. The topological polar surface area (TPSA) is 365 Å². The van der Waals surface area contributed by atoms with Crippen molar-refractivity contribution in [1.82, 2.24) is 4.90 Å². The van der Waals surface area contributed by atoms with Gasteiger partial charge in [0, 0.05) is 37.7 Å². The standard InChI is InChI=1S/C45H75NO17.C4H6O6/c1-12-32-29(21-57-43-38(53)41(56-11)36(51)25(5)59-43)17-22(2)13-14-30(48)23(3)18-28(15-16-47)39(24(4)31(49)19-33(50)61-32)63-44-37(52)35(46(9)10)40(26(6)60-44)62-34-20-45(8,55)42(54)27(7)58-34;5-1(3(7)8)2(6)4(9)10/h13-14,16-17,23-29,31-32,34-44,49,51-55H,12,15,18-21H2,1-11H3;1-2,5-6H,(H,7,8)(H,9,10)/b14-13+,22-17+;/t23-,24+,25-,26-,27+,28?,29-,31-,32-,34+,35-,36-,37-,38-,39-,40-,41-,42+,43-,44+,45-;1-,2-/m11/s1. The van der Waals surface area contributed by atoms with Crippen molar-refractivity contribution in [2.45, 2.75) is 203 Å². The number of hydrogen-bond donors (Lipinski definition) is 10. The smallest absolute Gasteiger partial charge is 0.335 e. The molecular weight excluding hydrogens is 971 g/mol. The number of allylic oxidation sites excluding steroid dienone is 3. The fourth-order valence-electron chi connectivity index (χ4n) is 9.55. The normalized spacial score (nSPS) is 42.3. The highest BCUT2D eigenvalue weighted by atomic mass is 16.7. The molecule has 24 nitrogen and oxygen atoms in total. The van der Waals surface area contributed by atoms with Crippen LogP contribution in [0.2, 0.25) is 0 Å². The summed E-state index contributed by atoms with van der Waals surface area (Å²) in [5, 5.41) is 98.9. The van der Waals surface area contributed by atoms with Crippen LogP contribution in [0, 0.1) is 23.7 Å². The average molecular weight is 1050 g/mol. The summed E-state index contributed by atoms with van der Waals surface area (Å²) in [5.41, 5.74) is -0.845. The Balaban J connectivity index is 0.00000126. The van der Waals surface area contributed by atoms with Gasteiger partial charge in [-0.15, -0.1) is 0 Å². The molecule has 0 spiro atoms. The molecular formula is C49H81NO23. The molecule has 4 aliphatic heterocycles. The monoisotopic (exact) mass is 1050 g/mol. The number of ketones is 1. The predicted octanol–water partition coefficient (Wildman–Crippen LogP) is -0.943. The van der Waals surface area contributed by atoms with Gasteiger partial charge in [0.05, 0.1) is 55.2 Å². The van der Waals surface area contributed by atoms with E-state index >= 15 is 0 Å². The summed E-state index contributed by atoms with van der Waals surface area (Å²) >= 11 is 0. The molecule has 10 N–H and O–H groups in total. The van der Waals surface area contributed by atoms with Crippen molar-refractivity contribution < 1.29 is 113 Å². The predicted molar refractivity (Wildman–Crippen MR) is 253 cm³/mol. The summed E-state index contributed by atoms with van der Waals surface area (Å²) in [6, 6.07) is -0.755. The molecule has 0 radical (unpaired) electrons. The zero-order valence-corrected chi connectivity index (χ0v) is 43.5.